The monoisotopic (exact) mass is 411 g/mol. The highest BCUT2D eigenvalue weighted by atomic mass is 32.2. The molecule has 0 bridgehead atoms. The van der Waals surface area contributed by atoms with Gasteiger partial charge < -0.3 is 4.52 Å². The van der Waals surface area contributed by atoms with E-state index >= 15 is 0 Å². The Labute approximate surface area is 166 Å². The molecular formula is C20H17N3O3S2. The summed E-state index contributed by atoms with van der Waals surface area (Å²) < 4.78 is 33.4. The second kappa shape index (κ2) is 7.57. The molecular weight excluding hydrogens is 394 g/mol. The summed E-state index contributed by atoms with van der Waals surface area (Å²) in [5.41, 5.74) is 2.23. The first-order valence-corrected chi connectivity index (χ1v) is 10.9. The predicted octanol–water partition coefficient (Wildman–Crippen LogP) is 4.50. The smallest absolute Gasteiger partial charge is 0.261 e. The molecule has 28 heavy (non-hydrogen) atoms. The Balaban J connectivity index is 1.58. The summed E-state index contributed by atoms with van der Waals surface area (Å²) in [6, 6.07) is 17.7. The van der Waals surface area contributed by atoms with Gasteiger partial charge >= 0.3 is 0 Å². The summed E-state index contributed by atoms with van der Waals surface area (Å²) in [7, 11) is -3.69. The van der Waals surface area contributed by atoms with E-state index in [0.717, 1.165) is 16.0 Å². The minimum absolute atomic E-state index is 0.214. The van der Waals surface area contributed by atoms with Crippen LogP contribution in [0, 0.1) is 6.92 Å². The van der Waals surface area contributed by atoms with Crippen LogP contribution in [0.5, 0.6) is 0 Å². The molecule has 2 heterocycles. The molecule has 0 saturated carbocycles. The van der Waals surface area contributed by atoms with Gasteiger partial charge in [-0.2, -0.15) is 4.98 Å². The lowest BCUT2D eigenvalue weighted by Gasteiger charge is -2.12. The second-order valence-corrected chi connectivity index (χ2v) is 8.87. The Morgan fingerprint density at radius 1 is 1.04 bits per heavy atom. The molecule has 6 nitrogen and oxygen atoms in total. The maximum Gasteiger partial charge on any atom is 0.261 e. The first-order chi connectivity index (χ1) is 13.5. The van der Waals surface area contributed by atoms with E-state index in [1.807, 2.05) is 36.6 Å². The molecule has 0 saturated heterocycles. The van der Waals surface area contributed by atoms with Crippen molar-refractivity contribution in [2.24, 2.45) is 0 Å². The third-order valence-corrected chi connectivity index (χ3v) is 6.39. The van der Waals surface area contributed by atoms with Crippen LogP contribution in [0.4, 0.5) is 5.69 Å². The fourth-order valence-electron chi connectivity index (χ4n) is 2.69. The van der Waals surface area contributed by atoms with Crippen molar-refractivity contribution >= 4 is 27.0 Å². The average Bonchev–Trinajstić information content (AvgIpc) is 3.35. The van der Waals surface area contributed by atoms with Gasteiger partial charge in [0.15, 0.2) is 0 Å². The molecule has 0 unspecified atom stereocenters. The highest BCUT2D eigenvalue weighted by molar-refractivity contribution is 7.92. The summed E-state index contributed by atoms with van der Waals surface area (Å²) in [6.45, 7) is 1.91. The Hall–Kier alpha value is -2.97. The average molecular weight is 412 g/mol. The molecule has 8 heteroatoms. The first-order valence-electron chi connectivity index (χ1n) is 8.55. The molecule has 0 amide bonds. The number of rotatable bonds is 6. The molecule has 0 atom stereocenters. The van der Waals surface area contributed by atoms with Crippen LogP contribution >= 0.6 is 11.3 Å². The van der Waals surface area contributed by atoms with Gasteiger partial charge in [-0.05, 0) is 42.1 Å². The van der Waals surface area contributed by atoms with Crippen molar-refractivity contribution in [2.45, 2.75) is 18.2 Å². The number of sulfonamides is 1. The highest BCUT2D eigenvalue weighted by Gasteiger charge is 2.17. The number of anilines is 1. The molecule has 142 valence electrons. The zero-order chi connectivity index (χ0) is 19.6. The van der Waals surface area contributed by atoms with Crippen molar-refractivity contribution in [2.75, 3.05) is 4.72 Å². The zero-order valence-corrected chi connectivity index (χ0v) is 16.6. The van der Waals surface area contributed by atoms with E-state index in [1.54, 1.807) is 36.4 Å². The third-order valence-electron chi connectivity index (χ3n) is 4.14. The van der Waals surface area contributed by atoms with Crippen molar-refractivity contribution < 1.29 is 12.9 Å². The number of benzene rings is 2. The summed E-state index contributed by atoms with van der Waals surface area (Å²) in [5.74, 6) is 0.952. The van der Waals surface area contributed by atoms with Gasteiger partial charge in [-0.1, -0.05) is 47.1 Å². The first kappa shape index (κ1) is 18.4. The zero-order valence-electron chi connectivity index (χ0n) is 15.0. The van der Waals surface area contributed by atoms with E-state index in [9.17, 15) is 8.42 Å². The number of hydrogen-bond donors (Lipinski definition) is 1. The number of para-hydroxylation sites is 1. The topological polar surface area (TPSA) is 85.1 Å². The molecule has 2 aromatic carbocycles. The van der Waals surface area contributed by atoms with E-state index in [-0.39, 0.29) is 4.90 Å². The van der Waals surface area contributed by atoms with Crippen molar-refractivity contribution in [3.8, 4) is 10.7 Å². The number of hydrogen-bond acceptors (Lipinski definition) is 6. The van der Waals surface area contributed by atoms with Gasteiger partial charge in [0.1, 0.15) is 0 Å². The molecule has 0 aliphatic carbocycles. The summed E-state index contributed by atoms with van der Waals surface area (Å²) in [4.78, 5) is 5.54. The van der Waals surface area contributed by atoms with Crippen LogP contribution in [0.25, 0.3) is 10.7 Å². The van der Waals surface area contributed by atoms with Crippen LogP contribution < -0.4 is 4.72 Å². The fourth-order valence-corrected chi connectivity index (χ4v) is 4.44. The van der Waals surface area contributed by atoms with Crippen LogP contribution in [0.2, 0.25) is 0 Å². The molecule has 0 spiro atoms. The number of aryl methyl sites for hydroxylation is 1. The number of nitrogens with one attached hydrogen (secondary N) is 1. The molecule has 0 fully saturated rings. The predicted molar refractivity (Wildman–Crippen MR) is 109 cm³/mol. The highest BCUT2D eigenvalue weighted by Crippen LogP contribution is 2.25. The minimum atomic E-state index is -3.69. The summed E-state index contributed by atoms with van der Waals surface area (Å²) in [5, 5.41) is 5.95. The standard InChI is InChI=1S/C20H17N3O3S2/c1-14-8-10-16(11-9-14)28(24,25)23-17-6-3-2-5-15(17)13-19-21-20(22-26-19)18-7-4-12-27-18/h2-12,23H,13H2,1H3. The van der Waals surface area contributed by atoms with Gasteiger partial charge in [0, 0.05) is 0 Å². The van der Waals surface area contributed by atoms with Crippen molar-refractivity contribution in [3.05, 3.63) is 83.1 Å². The molecule has 0 radical (unpaired) electrons. The maximum absolute atomic E-state index is 12.7. The Kier molecular flexibility index (Phi) is 4.97. The van der Waals surface area contributed by atoms with Gasteiger partial charge in [0.2, 0.25) is 11.7 Å². The van der Waals surface area contributed by atoms with E-state index in [4.69, 9.17) is 4.52 Å². The number of aromatic nitrogens is 2. The van der Waals surface area contributed by atoms with Crippen LogP contribution in [0.3, 0.4) is 0 Å². The lowest BCUT2D eigenvalue weighted by atomic mass is 10.1. The Morgan fingerprint density at radius 2 is 1.82 bits per heavy atom. The largest absolute Gasteiger partial charge is 0.339 e. The SMILES string of the molecule is Cc1ccc(S(=O)(=O)Nc2ccccc2Cc2nc(-c3cccs3)no2)cc1. The van der Waals surface area contributed by atoms with Gasteiger partial charge in [-0.3, -0.25) is 4.72 Å². The summed E-state index contributed by atoms with van der Waals surface area (Å²) >= 11 is 1.53. The number of thiophene rings is 1. The lowest BCUT2D eigenvalue weighted by Crippen LogP contribution is -2.14. The maximum atomic E-state index is 12.7. The van der Waals surface area contributed by atoms with Gasteiger partial charge in [-0.15, -0.1) is 11.3 Å². The Bertz CT molecular complexity index is 1180. The van der Waals surface area contributed by atoms with E-state index < -0.39 is 10.0 Å². The third kappa shape index (κ3) is 3.97. The van der Waals surface area contributed by atoms with Crippen LogP contribution in [0.1, 0.15) is 17.0 Å². The second-order valence-electron chi connectivity index (χ2n) is 6.24. The Morgan fingerprint density at radius 3 is 2.57 bits per heavy atom. The lowest BCUT2D eigenvalue weighted by molar-refractivity contribution is 0.386. The molecule has 0 aliphatic rings. The van der Waals surface area contributed by atoms with Crippen molar-refractivity contribution in [1.82, 2.24) is 10.1 Å². The molecule has 2 aromatic heterocycles. The van der Waals surface area contributed by atoms with Gasteiger partial charge in [0.05, 0.1) is 21.9 Å². The normalized spacial score (nSPS) is 11.5. The van der Waals surface area contributed by atoms with Crippen molar-refractivity contribution in [3.63, 3.8) is 0 Å². The van der Waals surface area contributed by atoms with Crippen LogP contribution in [0.15, 0.2) is 75.5 Å². The fraction of sp³-hybridized carbons (Fsp3) is 0.100. The summed E-state index contributed by atoms with van der Waals surface area (Å²) in [6.07, 6.45) is 0.324. The number of nitrogens with zero attached hydrogens (tertiary/aromatic N) is 2. The van der Waals surface area contributed by atoms with Gasteiger partial charge in [0.25, 0.3) is 10.0 Å². The quantitative estimate of drug-likeness (QED) is 0.505. The minimum Gasteiger partial charge on any atom is -0.339 e. The molecule has 4 aromatic rings. The molecule has 1 N–H and O–H groups in total. The van der Waals surface area contributed by atoms with Crippen LogP contribution in [-0.2, 0) is 16.4 Å². The van der Waals surface area contributed by atoms with E-state index in [1.165, 1.54) is 11.3 Å². The van der Waals surface area contributed by atoms with Gasteiger partial charge in [-0.25, -0.2) is 8.42 Å². The van der Waals surface area contributed by atoms with E-state index in [0.29, 0.717) is 23.8 Å². The van der Waals surface area contributed by atoms with E-state index in [2.05, 4.69) is 14.9 Å². The van der Waals surface area contributed by atoms with Crippen LogP contribution in [-0.4, -0.2) is 18.6 Å². The molecule has 0 aliphatic heterocycles. The molecule has 4 rings (SSSR count). The van der Waals surface area contributed by atoms with Crippen molar-refractivity contribution in [1.29, 1.82) is 0 Å².